The lowest BCUT2D eigenvalue weighted by atomic mass is 9.92. The molecule has 0 N–H and O–H groups in total. The summed E-state index contributed by atoms with van der Waals surface area (Å²) in [7, 11) is 0. The molecule has 0 nitrogen and oxygen atoms in total. The summed E-state index contributed by atoms with van der Waals surface area (Å²) in [5.41, 5.74) is 0.464. The minimum atomic E-state index is 0.464. The van der Waals surface area contributed by atoms with Gasteiger partial charge in [-0.3, -0.25) is 0 Å². The van der Waals surface area contributed by atoms with Gasteiger partial charge in [-0.2, -0.15) is 0 Å². The maximum Gasteiger partial charge on any atom is -0.0302 e. The van der Waals surface area contributed by atoms with Crippen molar-refractivity contribution in [1.82, 2.24) is 0 Å². The SMILES string of the molecule is CCC=CCC(C)(C)C. The minimum Gasteiger partial charge on any atom is -0.0888 e. The predicted molar refractivity (Wildman–Crippen MR) is 43.5 cm³/mol. The van der Waals surface area contributed by atoms with Gasteiger partial charge in [0.05, 0.1) is 0 Å². The first-order chi connectivity index (χ1) is 4.06. The number of allylic oxidation sites excluding steroid dienone is 2. The second-order valence-corrected chi connectivity index (χ2v) is 3.64. The fraction of sp³-hybridized carbons (Fsp3) is 0.778. The van der Waals surface area contributed by atoms with Crippen LogP contribution in [0.4, 0.5) is 0 Å². The van der Waals surface area contributed by atoms with Crippen LogP contribution >= 0.6 is 0 Å². The van der Waals surface area contributed by atoms with Crippen molar-refractivity contribution in [2.75, 3.05) is 0 Å². The molecule has 54 valence electrons. The van der Waals surface area contributed by atoms with Gasteiger partial charge < -0.3 is 0 Å². The van der Waals surface area contributed by atoms with Gasteiger partial charge in [-0.15, -0.1) is 0 Å². The summed E-state index contributed by atoms with van der Waals surface area (Å²) in [6, 6.07) is 0. The van der Waals surface area contributed by atoms with Gasteiger partial charge >= 0.3 is 0 Å². The smallest absolute Gasteiger partial charge is 0.0302 e. The highest BCUT2D eigenvalue weighted by atomic mass is 14.1. The molecule has 0 aromatic carbocycles. The van der Waals surface area contributed by atoms with Crippen LogP contribution in [-0.4, -0.2) is 0 Å². The summed E-state index contributed by atoms with van der Waals surface area (Å²) in [6.45, 7) is 8.94. The number of rotatable bonds is 2. The molecule has 0 atom stereocenters. The molecule has 0 saturated carbocycles. The monoisotopic (exact) mass is 126 g/mol. The maximum atomic E-state index is 2.26. The van der Waals surface area contributed by atoms with E-state index in [0.29, 0.717) is 5.41 Å². The van der Waals surface area contributed by atoms with Gasteiger partial charge in [0.2, 0.25) is 0 Å². The third-order valence-electron chi connectivity index (χ3n) is 1.13. The van der Waals surface area contributed by atoms with Crippen molar-refractivity contribution in [2.24, 2.45) is 5.41 Å². The lowest BCUT2D eigenvalue weighted by molar-refractivity contribution is 0.420. The molecule has 0 spiro atoms. The third kappa shape index (κ3) is 7.74. The predicted octanol–water partition coefficient (Wildman–Crippen LogP) is 3.39. The van der Waals surface area contributed by atoms with E-state index in [4.69, 9.17) is 0 Å². The Hall–Kier alpha value is -0.260. The molecule has 0 rings (SSSR count). The van der Waals surface area contributed by atoms with E-state index in [1.807, 2.05) is 0 Å². The third-order valence-corrected chi connectivity index (χ3v) is 1.13. The molecule has 0 aliphatic heterocycles. The van der Waals surface area contributed by atoms with E-state index in [2.05, 4.69) is 39.8 Å². The summed E-state index contributed by atoms with van der Waals surface area (Å²) in [5.74, 6) is 0. The van der Waals surface area contributed by atoms with Crippen LogP contribution in [0, 0.1) is 5.41 Å². The molecule has 0 aliphatic rings. The van der Waals surface area contributed by atoms with Crippen molar-refractivity contribution in [1.29, 1.82) is 0 Å². The Morgan fingerprint density at radius 3 is 2.00 bits per heavy atom. The fourth-order valence-electron chi connectivity index (χ4n) is 0.604. The largest absolute Gasteiger partial charge is 0.0888 e. The van der Waals surface area contributed by atoms with Gasteiger partial charge in [-0.05, 0) is 18.3 Å². The first-order valence-electron chi connectivity index (χ1n) is 3.71. The topological polar surface area (TPSA) is 0 Å². The molecule has 0 radical (unpaired) electrons. The lowest BCUT2D eigenvalue weighted by Crippen LogP contribution is -2.01. The van der Waals surface area contributed by atoms with E-state index in [0.717, 1.165) is 6.42 Å². The fourth-order valence-corrected chi connectivity index (χ4v) is 0.604. The van der Waals surface area contributed by atoms with Crippen molar-refractivity contribution in [3.05, 3.63) is 12.2 Å². The molecule has 9 heavy (non-hydrogen) atoms. The molecule has 0 heteroatoms. The maximum absolute atomic E-state index is 2.26. The summed E-state index contributed by atoms with van der Waals surface area (Å²) in [5, 5.41) is 0. The van der Waals surface area contributed by atoms with Crippen molar-refractivity contribution in [3.8, 4) is 0 Å². The molecule has 0 saturated heterocycles. The highest BCUT2D eigenvalue weighted by Crippen LogP contribution is 2.18. The van der Waals surface area contributed by atoms with Gasteiger partial charge in [-0.1, -0.05) is 39.8 Å². The zero-order valence-corrected chi connectivity index (χ0v) is 7.07. The van der Waals surface area contributed by atoms with Crippen LogP contribution in [0.2, 0.25) is 0 Å². The summed E-state index contributed by atoms with van der Waals surface area (Å²) < 4.78 is 0. The molecule has 0 unspecified atom stereocenters. The Morgan fingerprint density at radius 2 is 1.67 bits per heavy atom. The van der Waals surface area contributed by atoms with Crippen molar-refractivity contribution in [3.63, 3.8) is 0 Å². The van der Waals surface area contributed by atoms with E-state index in [1.165, 1.54) is 6.42 Å². The van der Waals surface area contributed by atoms with E-state index < -0.39 is 0 Å². The van der Waals surface area contributed by atoms with Crippen LogP contribution < -0.4 is 0 Å². The second-order valence-electron chi connectivity index (χ2n) is 3.64. The van der Waals surface area contributed by atoms with E-state index >= 15 is 0 Å². The lowest BCUT2D eigenvalue weighted by Gasteiger charge is -2.14. The van der Waals surface area contributed by atoms with Crippen LogP contribution in [0.1, 0.15) is 40.5 Å². The van der Waals surface area contributed by atoms with Gasteiger partial charge in [0.1, 0.15) is 0 Å². The molecule has 0 bridgehead atoms. The first-order valence-corrected chi connectivity index (χ1v) is 3.71. The zero-order chi connectivity index (χ0) is 7.33. The average Bonchev–Trinajstić information content (AvgIpc) is 1.63. The molecular formula is C9H18. The van der Waals surface area contributed by atoms with Gasteiger partial charge in [0.15, 0.2) is 0 Å². The Bertz CT molecular complexity index is 82.7. The summed E-state index contributed by atoms with van der Waals surface area (Å²) in [6.07, 6.45) is 6.85. The average molecular weight is 126 g/mol. The van der Waals surface area contributed by atoms with Gasteiger partial charge in [0, 0.05) is 0 Å². The van der Waals surface area contributed by atoms with Crippen LogP contribution in [0.15, 0.2) is 12.2 Å². The van der Waals surface area contributed by atoms with Gasteiger partial charge in [-0.25, -0.2) is 0 Å². The highest BCUT2D eigenvalue weighted by molar-refractivity contribution is 4.84. The van der Waals surface area contributed by atoms with Crippen molar-refractivity contribution < 1.29 is 0 Å². The Morgan fingerprint density at radius 1 is 1.11 bits per heavy atom. The van der Waals surface area contributed by atoms with Crippen LogP contribution in [0.25, 0.3) is 0 Å². The number of hydrogen-bond acceptors (Lipinski definition) is 0. The van der Waals surface area contributed by atoms with Crippen molar-refractivity contribution >= 4 is 0 Å². The van der Waals surface area contributed by atoms with Crippen molar-refractivity contribution in [2.45, 2.75) is 40.5 Å². The standard InChI is InChI=1S/C9H18/c1-5-6-7-8-9(2,3)4/h6-7H,5,8H2,1-4H3. The van der Waals surface area contributed by atoms with E-state index in [-0.39, 0.29) is 0 Å². The first kappa shape index (κ1) is 8.74. The Kier molecular flexibility index (Phi) is 3.60. The summed E-state index contributed by atoms with van der Waals surface area (Å²) >= 11 is 0. The van der Waals surface area contributed by atoms with Gasteiger partial charge in [0.25, 0.3) is 0 Å². The molecule has 0 amide bonds. The van der Waals surface area contributed by atoms with Crippen LogP contribution in [0.5, 0.6) is 0 Å². The van der Waals surface area contributed by atoms with E-state index in [9.17, 15) is 0 Å². The Labute approximate surface area is 59.0 Å². The molecule has 0 aliphatic carbocycles. The number of hydrogen-bond donors (Lipinski definition) is 0. The second kappa shape index (κ2) is 3.71. The summed E-state index contributed by atoms with van der Waals surface area (Å²) in [4.78, 5) is 0. The normalized spacial score (nSPS) is 12.9. The quantitative estimate of drug-likeness (QED) is 0.497. The Balaban J connectivity index is 3.38. The van der Waals surface area contributed by atoms with Crippen LogP contribution in [-0.2, 0) is 0 Å². The minimum absolute atomic E-state index is 0.464. The van der Waals surface area contributed by atoms with Crippen LogP contribution in [0.3, 0.4) is 0 Å². The highest BCUT2D eigenvalue weighted by Gasteiger charge is 2.05. The molecule has 0 heterocycles. The molecule has 0 aromatic heterocycles. The zero-order valence-electron chi connectivity index (χ0n) is 7.07. The molecule has 0 fully saturated rings. The van der Waals surface area contributed by atoms with E-state index in [1.54, 1.807) is 0 Å². The molecule has 0 aromatic rings. The molecular weight excluding hydrogens is 108 g/mol.